The summed E-state index contributed by atoms with van der Waals surface area (Å²) in [6.07, 6.45) is 0.375. The standard InChI is InChI=1S/C32H30O6/c1-5-37-30(35)32(31(36)38-6-2)17-25-24(16-13-22-11-7-20(3)8-12-22)28(23-14-9-21(4)10-15-23)27(19-33)29(34)26(25)18-32/h7-12,14-15,19,34H,5-6,17-18H2,1-4H3. The Morgan fingerprint density at radius 3 is 1.92 bits per heavy atom. The lowest BCUT2D eigenvalue weighted by Gasteiger charge is -2.24. The van der Waals surface area contributed by atoms with Crippen molar-refractivity contribution in [2.75, 3.05) is 13.2 Å². The molecule has 1 aliphatic rings. The van der Waals surface area contributed by atoms with Gasteiger partial charge in [-0.25, -0.2) is 0 Å². The predicted molar refractivity (Wildman–Crippen MR) is 144 cm³/mol. The molecule has 0 atom stereocenters. The van der Waals surface area contributed by atoms with Crippen molar-refractivity contribution in [1.29, 1.82) is 0 Å². The van der Waals surface area contributed by atoms with Crippen LogP contribution in [0.15, 0.2) is 48.5 Å². The van der Waals surface area contributed by atoms with Gasteiger partial charge in [0.2, 0.25) is 0 Å². The molecule has 0 saturated carbocycles. The first-order valence-electron chi connectivity index (χ1n) is 12.6. The van der Waals surface area contributed by atoms with E-state index in [1.807, 2.05) is 62.4 Å². The molecule has 0 heterocycles. The van der Waals surface area contributed by atoms with E-state index in [1.165, 1.54) is 0 Å². The van der Waals surface area contributed by atoms with E-state index in [0.717, 1.165) is 16.7 Å². The number of rotatable bonds is 6. The van der Waals surface area contributed by atoms with Crippen molar-refractivity contribution in [1.82, 2.24) is 0 Å². The zero-order valence-corrected chi connectivity index (χ0v) is 22.0. The molecule has 1 aliphatic carbocycles. The average Bonchev–Trinajstić information content (AvgIpc) is 3.32. The molecule has 0 radical (unpaired) electrons. The summed E-state index contributed by atoms with van der Waals surface area (Å²) in [5.41, 5.74) is 3.76. The summed E-state index contributed by atoms with van der Waals surface area (Å²) >= 11 is 0. The Labute approximate surface area is 222 Å². The molecule has 194 valence electrons. The minimum absolute atomic E-state index is 0.0596. The van der Waals surface area contributed by atoms with Gasteiger partial charge in [-0.3, -0.25) is 14.4 Å². The molecule has 0 aromatic heterocycles. The molecule has 0 spiro atoms. The minimum atomic E-state index is -1.68. The molecule has 0 fully saturated rings. The van der Waals surface area contributed by atoms with E-state index in [2.05, 4.69) is 11.8 Å². The number of hydrogen-bond acceptors (Lipinski definition) is 6. The highest BCUT2D eigenvalue weighted by molar-refractivity contribution is 6.03. The largest absolute Gasteiger partial charge is 0.507 e. The predicted octanol–water partition coefficient (Wildman–Crippen LogP) is 5.10. The zero-order chi connectivity index (χ0) is 27.4. The van der Waals surface area contributed by atoms with E-state index in [4.69, 9.17) is 9.47 Å². The van der Waals surface area contributed by atoms with Gasteiger partial charge in [-0.05, 0) is 51.0 Å². The van der Waals surface area contributed by atoms with Gasteiger partial charge in [-0.15, -0.1) is 0 Å². The Balaban J connectivity index is 2.02. The van der Waals surface area contributed by atoms with E-state index in [0.29, 0.717) is 34.1 Å². The van der Waals surface area contributed by atoms with Crippen LogP contribution in [-0.2, 0) is 31.9 Å². The average molecular weight is 511 g/mol. The summed E-state index contributed by atoms with van der Waals surface area (Å²) in [4.78, 5) is 38.8. The van der Waals surface area contributed by atoms with Crippen LogP contribution in [0.3, 0.4) is 0 Å². The molecule has 1 N–H and O–H groups in total. The fraction of sp³-hybridized carbons (Fsp3) is 0.281. The fourth-order valence-electron chi connectivity index (χ4n) is 4.87. The summed E-state index contributed by atoms with van der Waals surface area (Å²) in [6.45, 7) is 7.42. The summed E-state index contributed by atoms with van der Waals surface area (Å²) < 4.78 is 10.6. The zero-order valence-electron chi connectivity index (χ0n) is 22.0. The Hall–Kier alpha value is -4.37. The van der Waals surface area contributed by atoms with Crippen molar-refractivity contribution in [2.24, 2.45) is 5.41 Å². The topological polar surface area (TPSA) is 89.9 Å². The van der Waals surface area contributed by atoms with Crippen molar-refractivity contribution in [3.05, 3.63) is 87.5 Å². The normalized spacial score (nSPS) is 13.2. The molecule has 0 bridgehead atoms. The maximum absolute atomic E-state index is 13.2. The Bertz CT molecular complexity index is 1440. The molecule has 3 aromatic rings. The molecule has 6 nitrogen and oxygen atoms in total. The van der Waals surface area contributed by atoms with Gasteiger partial charge in [0.05, 0.1) is 18.8 Å². The fourth-order valence-corrected chi connectivity index (χ4v) is 4.87. The maximum Gasteiger partial charge on any atom is 0.324 e. The van der Waals surface area contributed by atoms with Crippen LogP contribution in [0.1, 0.15) is 57.6 Å². The van der Waals surface area contributed by atoms with Gasteiger partial charge in [0.1, 0.15) is 5.75 Å². The number of phenolic OH excluding ortho intramolecular Hbond substituents is 1. The number of carbonyl (C=O) groups excluding carboxylic acids is 3. The lowest BCUT2D eigenvalue weighted by molar-refractivity contribution is -0.171. The molecule has 0 saturated heterocycles. The summed E-state index contributed by atoms with van der Waals surface area (Å²) in [5, 5.41) is 11.3. The third-order valence-electron chi connectivity index (χ3n) is 6.86. The first-order valence-corrected chi connectivity index (χ1v) is 12.6. The number of aromatic hydroxyl groups is 1. The lowest BCUT2D eigenvalue weighted by Crippen LogP contribution is -2.43. The van der Waals surface area contributed by atoms with E-state index in [1.54, 1.807) is 13.8 Å². The Morgan fingerprint density at radius 1 is 0.868 bits per heavy atom. The second kappa shape index (κ2) is 10.9. The smallest absolute Gasteiger partial charge is 0.324 e. The highest BCUT2D eigenvalue weighted by atomic mass is 16.6. The molecular formula is C32H30O6. The van der Waals surface area contributed by atoms with Gasteiger partial charge >= 0.3 is 11.9 Å². The van der Waals surface area contributed by atoms with Crippen LogP contribution in [0.4, 0.5) is 0 Å². The van der Waals surface area contributed by atoms with Crippen LogP contribution in [0.25, 0.3) is 11.1 Å². The van der Waals surface area contributed by atoms with Crippen molar-refractivity contribution < 1.29 is 29.0 Å². The number of benzene rings is 3. The van der Waals surface area contributed by atoms with E-state index >= 15 is 0 Å². The maximum atomic E-state index is 13.2. The highest BCUT2D eigenvalue weighted by Gasteiger charge is 2.55. The van der Waals surface area contributed by atoms with Crippen LogP contribution in [-0.4, -0.2) is 36.5 Å². The molecule has 6 heteroatoms. The quantitative estimate of drug-likeness (QED) is 0.215. The second-order valence-corrected chi connectivity index (χ2v) is 9.45. The van der Waals surface area contributed by atoms with E-state index in [9.17, 15) is 19.5 Å². The van der Waals surface area contributed by atoms with E-state index < -0.39 is 17.4 Å². The number of aryl methyl sites for hydroxylation is 2. The van der Waals surface area contributed by atoms with E-state index in [-0.39, 0.29) is 37.4 Å². The number of fused-ring (bicyclic) bond motifs is 1. The number of ether oxygens (including phenoxy) is 2. The number of aldehydes is 1. The summed E-state index contributed by atoms with van der Waals surface area (Å²) in [5.74, 6) is 4.67. The van der Waals surface area contributed by atoms with Gasteiger partial charge in [-0.2, -0.15) is 0 Å². The van der Waals surface area contributed by atoms with Crippen LogP contribution in [0.5, 0.6) is 5.75 Å². The van der Waals surface area contributed by atoms with Gasteiger partial charge in [-0.1, -0.05) is 59.4 Å². The third kappa shape index (κ3) is 4.80. The molecule has 0 aliphatic heterocycles. The van der Waals surface area contributed by atoms with Gasteiger partial charge < -0.3 is 14.6 Å². The molecular weight excluding hydrogens is 480 g/mol. The van der Waals surface area contributed by atoms with Crippen LogP contribution in [0.2, 0.25) is 0 Å². The van der Waals surface area contributed by atoms with Crippen LogP contribution in [0, 0.1) is 31.1 Å². The second-order valence-electron chi connectivity index (χ2n) is 9.45. The summed E-state index contributed by atoms with van der Waals surface area (Å²) in [7, 11) is 0. The SMILES string of the molecule is CCOC(=O)C1(C(=O)OCC)Cc2c(O)c(C=O)c(-c3ccc(C)cc3)c(C#Cc3ccc(C)cc3)c2C1. The number of hydrogen-bond donors (Lipinski definition) is 1. The number of phenols is 1. The first-order chi connectivity index (χ1) is 18.2. The van der Waals surface area contributed by atoms with Crippen molar-refractivity contribution in [2.45, 2.75) is 40.5 Å². The Morgan fingerprint density at radius 2 is 1.39 bits per heavy atom. The molecule has 0 amide bonds. The Kier molecular flexibility index (Phi) is 7.68. The molecule has 38 heavy (non-hydrogen) atoms. The highest BCUT2D eigenvalue weighted by Crippen LogP contribution is 2.49. The van der Waals surface area contributed by atoms with Gasteiger partial charge in [0, 0.05) is 35.1 Å². The number of esters is 2. The van der Waals surface area contributed by atoms with Crippen LogP contribution >= 0.6 is 0 Å². The molecule has 3 aromatic carbocycles. The van der Waals surface area contributed by atoms with Gasteiger partial charge in [0.15, 0.2) is 11.7 Å². The van der Waals surface area contributed by atoms with Crippen molar-refractivity contribution in [3.8, 4) is 28.7 Å². The van der Waals surface area contributed by atoms with Gasteiger partial charge in [0.25, 0.3) is 0 Å². The minimum Gasteiger partial charge on any atom is -0.507 e. The molecule has 4 rings (SSSR count). The van der Waals surface area contributed by atoms with Crippen LogP contribution < -0.4 is 0 Å². The summed E-state index contributed by atoms with van der Waals surface area (Å²) in [6, 6.07) is 15.2. The van der Waals surface area contributed by atoms with Crippen molar-refractivity contribution >= 4 is 18.2 Å². The lowest BCUT2D eigenvalue weighted by atomic mass is 9.84. The first kappa shape index (κ1) is 26.7. The molecule has 0 unspecified atom stereocenters. The monoisotopic (exact) mass is 510 g/mol. The number of carbonyl (C=O) groups is 3. The van der Waals surface area contributed by atoms with Crippen molar-refractivity contribution in [3.63, 3.8) is 0 Å². The third-order valence-corrected chi connectivity index (χ3v) is 6.86.